The lowest BCUT2D eigenvalue weighted by atomic mass is 9.86. The summed E-state index contributed by atoms with van der Waals surface area (Å²) in [5.74, 6) is -0.409. The van der Waals surface area contributed by atoms with E-state index >= 15 is 0 Å². The van der Waals surface area contributed by atoms with Crippen LogP contribution in [0.5, 0.6) is 0 Å². The van der Waals surface area contributed by atoms with Crippen molar-refractivity contribution in [1.29, 1.82) is 0 Å². The van der Waals surface area contributed by atoms with Gasteiger partial charge in [-0.1, -0.05) is 74.3 Å². The molecule has 2 aromatic rings. The van der Waals surface area contributed by atoms with Crippen LogP contribution in [-0.4, -0.2) is 31.7 Å². The maximum atomic E-state index is 12.9. The standard InChI is InChI=1S/C25H32Cl2N2O3S/c1-17(18-5-8-21(9-6-18)25(2,3)4)28-24(30)19-11-13-29(14-12-19)33(31,32)16-20-7-10-22(26)15-23(20)27/h5-10,15,17,19H,11-14,16H2,1-4H3,(H,28,30)/t17-/m1/s1. The van der Waals surface area contributed by atoms with Crippen LogP contribution < -0.4 is 5.32 Å². The molecular weight excluding hydrogens is 479 g/mol. The van der Waals surface area contributed by atoms with Gasteiger partial charge in [0.05, 0.1) is 11.8 Å². The summed E-state index contributed by atoms with van der Waals surface area (Å²) in [5.41, 5.74) is 2.90. The van der Waals surface area contributed by atoms with Gasteiger partial charge in [-0.2, -0.15) is 0 Å². The third-order valence-corrected chi connectivity index (χ3v) is 8.62. The topological polar surface area (TPSA) is 66.5 Å². The lowest BCUT2D eigenvalue weighted by molar-refractivity contribution is -0.126. The van der Waals surface area contributed by atoms with E-state index in [0.29, 0.717) is 41.5 Å². The Morgan fingerprint density at radius 2 is 1.70 bits per heavy atom. The number of hydrogen-bond donors (Lipinski definition) is 1. The number of halogens is 2. The van der Waals surface area contributed by atoms with E-state index < -0.39 is 10.0 Å². The Labute approximate surface area is 207 Å². The van der Waals surface area contributed by atoms with Crippen molar-refractivity contribution in [3.63, 3.8) is 0 Å². The maximum Gasteiger partial charge on any atom is 0.223 e. The molecule has 0 bridgehead atoms. The van der Waals surface area contributed by atoms with Crippen LogP contribution in [0.4, 0.5) is 0 Å². The molecule has 1 aliphatic heterocycles. The first kappa shape index (κ1) is 26.0. The molecule has 1 fully saturated rings. The zero-order valence-corrected chi connectivity index (χ0v) is 21.9. The Hall–Kier alpha value is -1.60. The van der Waals surface area contributed by atoms with E-state index in [1.807, 2.05) is 6.92 Å². The maximum absolute atomic E-state index is 12.9. The molecule has 0 aliphatic carbocycles. The number of rotatable bonds is 6. The van der Waals surface area contributed by atoms with Crippen LogP contribution >= 0.6 is 23.2 Å². The first-order valence-electron chi connectivity index (χ1n) is 11.2. The highest BCUT2D eigenvalue weighted by Gasteiger charge is 2.32. The van der Waals surface area contributed by atoms with Crippen molar-refractivity contribution in [1.82, 2.24) is 9.62 Å². The molecule has 5 nitrogen and oxygen atoms in total. The summed E-state index contributed by atoms with van der Waals surface area (Å²) in [7, 11) is -3.53. The first-order chi connectivity index (χ1) is 15.4. The number of nitrogens with one attached hydrogen (secondary N) is 1. The fourth-order valence-electron chi connectivity index (χ4n) is 4.01. The quantitative estimate of drug-likeness (QED) is 0.540. The molecule has 0 spiro atoms. The summed E-state index contributed by atoms with van der Waals surface area (Å²) >= 11 is 12.0. The van der Waals surface area contributed by atoms with Gasteiger partial charge in [-0.15, -0.1) is 0 Å². The van der Waals surface area contributed by atoms with Crippen molar-refractivity contribution < 1.29 is 13.2 Å². The van der Waals surface area contributed by atoms with Crippen LogP contribution in [0.2, 0.25) is 10.0 Å². The third-order valence-electron chi connectivity index (χ3n) is 6.21. The second kappa shape index (κ2) is 10.3. The molecule has 2 aromatic carbocycles. The number of benzene rings is 2. The Bertz CT molecular complexity index is 1090. The van der Waals surface area contributed by atoms with Gasteiger partial charge in [-0.25, -0.2) is 12.7 Å². The lowest BCUT2D eigenvalue weighted by Gasteiger charge is -2.31. The zero-order chi connectivity index (χ0) is 24.4. The molecule has 0 aromatic heterocycles. The lowest BCUT2D eigenvalue weighted by Crippen LogP contribution is -2.43. The van der Waals surface area contributed by atoms with Gasteiger partial charge in [0.15, 0.2) is 0 Å². The fraction of sp³-hybridized carbons (Fsp3) is 0.480. The molecule has 180 valence electrons. The molecule has 1 saturated heterocycles. The third kappa shape index (κ3) is 6.72. The van der Waals surface area contributed by atoms with Gasteiger partial charge in [0, 0.05) is 29.1 Å². The minimum Gasteiger partial charge on any atom is -0.349 e. The summed E-state index contributed by atoms with van der Waals surface area (Å²) in [6.07, 6.45) is 0.990. The number of carbonyl (C=O) groups is 1. The monoisotopic (exact) mass is 510 g/mol. The Morgan fingerprint density at radius 1 is 1.09 bits per heavy atom. The second-order valence-electron chi connectivity index (χ2n) is 9.77. The summed E-state index contributed by atoms with van der Waals surface area (Å²) in [4.78, 5) is 12.8. The van der Waals surface area contributed by atoms with Crippen LogP contribution in [0, 0.1) is 5.92 Å². The number of piperidine rings is 1. The smallest absolute Gasteiger partial charge is 0.223 e. The fourth-order valence-corrected chi connectivity index (χ4v) is 6.16. The van der Waals surface area contributed by atoms with Gasteiger partial charge in [-0.05, 0) is 54.0 Å². The number of nitrogens with zero attached hydrogens (tertiary/aromatic N) is 1. The van der Waals surface area contributed by atoms with Crippen LogP contribution in [-0.2, 0) is 26.0 Å². The molecular formula is C25H32Cl2N2O3S. The molecule has 1 aliphatic rings. The minimum atomic E-state index is -3.53. The van der Waals surface area contributed by atoms with Gasteiger partial charge >= 0.3 is 0 Å². The highest BCUT2D eigenvalue weighted by molar-refractivity contribution is 7.88. The first-order valence-corrected chi connectivity index (χ1v) is 13.6. The highest BCUT2D eigenvalue weighted by atomic mass is 35.5. The van der Waals surface area contributed by atoms with Crippen molar-refractivity contribution in [3.05, 3.63) is 69.2 Å². The Morgan fingerprint density at radius 3 is 2.24 bits per heavy atom. The van der Waals surface area contributed by atoms with E-state index in [1.165, 1.54) is 9.87 Å². The van der Waals surface area contributed by atoms with E-state index in [0.717, 1.165) is 5.56 Å². The van der Waals surface area contributed by atoms with E-state index in [2.05, 4.69) is 50.4 Å². The van der Waals surface area contributed by atoms with Gasteiger partial charge in [0.1, 0.15) is 0 Å². The number of amides is 1. The van der Waals surface area contributed by atoms with Crippen molar-refractivity contribution in [2.45, 2.75) is 57.7 Å². The van der Waals surface area contributed by atoms with Crippen molar-refractivity contribution >= 4 is 39.1 Å². The molecule has 33 heavy (non-hydrogen) atoms. The summed E-state index contributed by atoms with van der Waals surface area (Å²) in [6.45, 7) is 9.12. The van der Waals surface area contributed by atoms with Crippen LogP contribution in [0.1, 0.15) is 63.3 Å². The molecule has 0 unspecified atom stereocenters. The van der Waals surface area contributed by atoms with Crippen molar-refractivity contribution in [3.8, 4) is 0 Å². The highest BCUT2D eigenvalue weighted by Crippen LogP contribution is 2.27. The molecule has 0 saturated carbocycles. The van der Waals surface area contributed by atoms with E-state index in [9.17, 15) is 13.2 Å². The molecule has 8 heteroatoms. The van der Waals surface area contributed by atoms with Crippen molar-refractivity contribution in [2.75, 3.05) is 13.1 Å². The second-order valence-corrected chi connectivity index (χ2v) is 12.6. The average Bonchev–Trinajstić information content (AvgIpc) is 2.75. The minimum absolute atomic E-state index is 0.0276. The number of hydrogen-bond acceptors (Lipinski definition) is 3. The summed E-state index contributed by atoms with van der Waals surface area (Å²) in [5, 5.41) is 3.90. The summed E-state index contributed by atoms with van der Waals surface area (Å²) in [6, 6.07) is 13.0. The molecule has 1 atom stereocenters. The Kier molecular flexibility index (Phi) is 8.15. The number of carbonyl (C=O) groups excluding carboxylic acids is 1. The van der Waals surface area contributed by atoms with Crippen molar-refractivity contribution in [2.24, 2.45) is 5.92 Å². The molecule has 1 N–H and O–H groups in total. The predicted molar refractivity (Wildman–Crippen MR) is 135 cm³/mol. The van der Waals surface area contributed by atoms with Gasteiger partial charge in [-0.3, -0.25) is 4.79 Å². The molecule has 0 radical (unpaired) electrons. The van der Waals surface area contributed by atoms with Gasteiger partial charge in [0.2, 0.25) is 15.9 Å². The normalized spacial score (nSPS) is 17.0. The van der Waals surface area contributed by atoms with Crippen LogP contribution in [0.15, 0.2) is 42.5 Å². The van der Waals surface area contributed by atoms with Gasteiger partial charge in [0.25, 0.3) is 0 Å². The average molecular weight is 512 g/mol. The molecule has 1 heterocycles. The van der Waals surface area contributed by atoms with E-state index in [1.54, 1.807) is 18.2 Å². The Balaban J connectivity index is 1.55. The zero-order valence-electron chi connectivity index (χ0n) is 19.6. The van der Waals surface area contributed by atoms with Gasteiger partial charge < -0.3 is 5.32 Å². The summed E-state index contributed by atoms with van der Waals surface area (Å²) < 4.78 is 27.2. The SMILES string of the molecule is C[C@@H](NC(=O)C1CCN(S(=O)(=O)Cc2ccc(Cl)cc2Cl)CC1)c1ccc(C(C)(C)C)cc1. The predicted octanol–water partition coefficient (Wildman–Crippen LogP) is 5.71. The number of sulfonamides is 1. The van der Waals surface area contributed by atoms with Crippen LogP contribution in [0.25, 0.3) is 0 Å². The molecule has 3 rings (SSSR count). The largest absolute Gasteiger partial charge is 0.349 e. The van der Waals surface area contributed by atoms with E-state index in [-0.39, 0.29) is 29.0 Å². The molecule has 1 amide bonds. The van der Waals surface area contributed by atoms with E-state index in [4.69, 9.17) is 23.2 Å². The van der Waals surface area contributed by atoms with Crippen LogP contribution in [0.3, 0.4) is 0 Å².